The maximum Gasteiger partial charge on any atom is 0.303 e. The lowest BCUT2D eigenvalue weighted by Gasteiger charge is -2.17. The highest BCUT2D eigenvalue weighted by Crippen LogP contribution is 2.36. The number of nitrogens with zero attached hydrogens (tertiary/aromatic N) is 3. The average Bonchev–Trinajstić information content (AvgIpc) is 1.74. The van der Waals surface area contributed by atoms with Gasteiger partial charge in [-0.1, -0.05) is 225 Å². The molecule has 11 nitrogen and oxygen atoms in total. The van der Waals surface area contributed by atoms with E-state index in [2.05, 4.69) is 199 Å². The Morgan fingerprint density at radius 3 is 1.52 bits per heavy atom. The van der Waals surface area contributed by atoms with Crippen LogP contribution in [0.3, 0.4) is 0 Å². The molecule has 91 heavy (non-hydrogen) atoms. The van der Waals surface area contributed by atoms with Crippen LogP contribution < -0.4 is 10.6 Å². The summed E-state index contributed by atoms with van der Waals surface area (Å²) in [6, 6.07) is 22.5. The molecule has 0 bridgehead atoms. The number of benzene rings is 2. The molecule has 0 saturated heterocycles. The number of hydrogen-bond donors (Lipinski definition) is 4. The van der Waals surface area contributed by atoms with Crippen LogP contribution in [0.2, 0.25) is 0 Å². The highest BCUT2D eigenvalue weighted by molar-refractivity contribution is 7.10. The highest BCUT2D eigenvalue weighted by Gasteiger charge is 2.43. The van der Waals surface area contributed by atoms with E-state index in [1.165, 1.54) is 70.4 Å². The van der Waals surface area contributed by atoms with Gasteiger partial charge in [-0.15, -0.1) is 11.3 Å². The van der Waals surface area contributed by atoms with Crippen LogP contribution in [0.4, 0.5) is 0 Å². The van der Waals surface area contributed by atoms with Crippen LogP contribution in [0.1, 0.15) is 306 Å². The molecule has 514 valence electrons. The van der Waals surface area contributed by atoms with Gasteiger partial charge < -0.3 is 25.7 Å². The molecule has 5 aromatic rings. The number of aromatic nitrogens is 2. The topological polar surface area (TPSA) is 162 Å². The number of likely N-dealkylation sites (N-methyl/N-ethyl adjacent to an activating group) is 1. The van der Waals surface area contributed by atoms with Crippen LogP contribution in [-0.4, -0.2) is 87.5 Å². The Bertz CT molecular complexity index is 2720. The number of carboxylic acid groups (broad SMARTS) is 1. The van der Waals surface area contributed by atoms with Crippen molar-refractivity contribution in [1.29, 1.82) is 0 Å². The Morgan fingerprint density at radius 1 is 0.593 bits per heavy atom. The predicted molar refractivity (Wildman–Crippen MR) is 395 cm³/mol. The minimum Gasteiger partial charge on any atom is -0.481 e. The van der Waals surface area contributed by atoms with Gasteiger partial charge in [-0.3, -0.25) is 29.1 Å². The number of ketones is 1. The first kappa shape index (κ1) is 89.4. The molecule has 2 aromatic carbocycles. The van der Waals surface area contributed by atoms with Gasteiger partial charge in [0.25, 0.3) is 5.91 Å². The number of pyridine rings is 2. The second-order valence-electron chi connectivity index (χ2n) is 25.7. The third-order valence-electron chi connectivity index (χ3n) is 13.4. The molecule has 12 heteroatoms. The van der Waals surface area contributed by atoms with Crippen molar-refractivity contribution >= 4 is 34.9 Å². The number of nitrogens with one attached hydrogen (secondary N) is 2. The summed E-state index contributed by atoms with van der Waals surface area (Å²) < 4.78 is 0. The number of allylic oxidation sites excluding steroid dienone is 1. The van der Waals surface area contributed by atoms with Gasteiger partial charge in [0, 0.05) is 65.4 Å². The van der Waals surface area contributed by atoms with Crippen LogP contribution >= 0.6 is 11.3 Å². The van der Waals surface area contributed by atoms with E-state index in [1.807, 2.05) is 66.1 Å². The molecule has 0 aliphatic heterocycles. The fraction of sp³-hybridized carbons (Fsp3) is 0.595. The van der Waals surface area contributed by atoms with Crippen molar-refractivity contribution in [3.8, 4) is 11.1 Å². The second kappa shape index (κ2) is 52.6. The normalized spacial score (nSPS) is 12.1. The SMILES string of the molecule is CC(C)NC(=O)C1=C(C(C)C)CCC1.CC(C)c1ccccc1C(=O)CCC(=O)O.CC(C)c1ccccc1CCN(C)C.CC(C)c1cnccc1C(=O)NC1(CO)CC1.CCC.CCC.CCC.CCC.CCC.Cc1cc(-c2ccncc2C(C)C)cs1. The minimum absolute atomic E-state index is 0.0147. The molecule has 3 aromatic heterocycles. The Balaban J connectivity index is -0.00000101. The number of aryl methyl sites for hydroxylation is 1. The summed E-state index contributed by atoms with van der Waals surface area (Å²) in [5.74, 6) is 1.22. The molecule has 0 atom stereocenters. The van der Waals surface area contributed by atoms with E-state index in [0.29, 0.717) is 28.9 Å². The fourth-order valence-corrected chi connectivity index (χ4v) is 9.56. The van der Waals surface area contributed by atoms with E-state index in [0.717, 1.165) is 61.8 Å². The summed E-state index contributed by atoms with van der Waals surface area (Å²) in [6.07, 6.45) is 19.5. The van der Waals surface area contributed by atoms with Crippen molar-refractivity contribution in [2.45, 2.75) is 278 Å². The van der Waals surface area contributed by atoms with Gasteiger partial charge in [-0.05, 0) is 166 Å². The van der Waals surface area contributed by atoms with Crippen molar-refractivity contribution in [3.05, 3.63) is 152 Å². The maximum atomic E-state index is 12.1. The summed E-state index contributed by atoms with van der Waals surface area (Å²) in [7, 11) is 4.25. The number of hydrogen-bond acceptors (Lipinski definition) is 9. The van der Waals surface area contributed by atoms with E-state index < -0.39 is 5.97 Å². The third-order valence-corrected chi connectivity index (χ3v) is 14.2. The van der Waals surface area contributed by atoms with Gasteiger partial charge in [-0.2, -0.15) is 0 Å². The van der Waals surface area contributed by atoms with Gasteiger partial charge in [0.15, 0.2) is 5.78 Å². The first-order valence-electron chi connectivity index (χ1n) is 34.4. The standard InChI is InChI=1S/C13H18N2O2.C13H15NS.C13H21N.C13H16O3.C12H21NO.5C3H8/c1-9(2)11-7-14-6-3-10(11)12(17)15-13(8-16)4-5-13;1-9(2)13-7-14-5-4-12(13)11-6-10(3)15-8-11;1-11(2)13-8-6-5-7-12(13)9-10-14(3)4;1-9(2)10-5-3-4-6-11(10)12(14)7-8-13(15)16;1-8(2)10-6-5-7-11(10)12(14)13-9(3)4;5*1-3-2/h3,6-7,9,16H,4-5,8H2,1-2H3,(H,15,17);4-9H,1-3H3;5-8,11H,9-10H2,1-4H3;3-6,9H,7-8H2,1-2H3,(H,15,16);8-9H,5-7H2,1-4H3,(H,13,14);5*3H2,1-2H3. The molecule has 2 amide bonds. The molecule has 3 heterocycles. The lowest BCUT2D eigenvalue weighted by atomic mass is 9.93. The first-order valence-corrected chi connectivity index (χ1v) is 35.3. The predicted octanol–water partition coefficient (Wildman–Crippen LogP) is 21.2. The van der Waals surface area contributed by atoms with E-state index >= 15 is 0 Å². The molecule has 1 saturated carbocycles. The quantitative estimate of drug-likeness (QED) is 0.0626. The van der Waals surface area contributed by atoms with Gasteiger partial charge in [0.1, 0.15) is 0 Å². The number of carbonyl (C=O) groups excluding carboxylic acids is 3. The number of carbonyl (C=O) groups is 4. The van der Waals surface area contributed by atoms with E-state index in [4.69, 9.17) is 5.11 Å². The molecule has 0 unspecified atom stereocenters. The van der Waals surface area contributed by atoms with E-state index in [-0.39, 0.29) is 60.5 Å². The zero-order valence-electron chi connectivity index (χ0n) is 62.1. The van der Waals surface area contributed by atoms with Gasteiger partial charge in [-0.25, -0.2) is 0 Å². The number of thiophene rings is 1. The number of carboxylic acids is 1. The Labute approximate surface area is 561 Å². The number of amides is 2. The van der Waals surface area contributed by atoms with Gasteiger partial charge >= 0.3 is 5.97 Å². The molecule has 2 aliphatic rings. The molecular weight excluding hydrogens is 1150 g/mol. The lowest BCUT2D eigenvalue weighted by molar-refractivity contribution is -0.137. The molecular formula is C79H131N5O6S. The van der Waals surface area contributed by atoms with Crippen molar-refractivity contribution < 1.29 is 29.4 Å². The summed E-state index contributed by atoms with van der Waals surface area (Å²) in [5, 5.41) is 25.8. The van der Waals surface area contributed by atoms with Crippen LogP contribution in [0.15, 0.2) is 108 Å². The summed E-state index contributed by atoms with van der Waals surface area (Å²) in [4.78, 5) is 58.0. The minimum atomic E-state index is -0.935. The summed E-state index contributed by atoms with van der Waals surface area (Å²) >= 11 is 1.80. The molecule has 1 fully saturated rings. The van der Waals surface area contributed by atoms with Crippen LogP contribution in [0, 0.1) is 12.8 Å². The second-order valence-corrected chi connectivity index (χ2v) is 26.8. The third kappa shape index (κ3) is 39.4. The largest absolute Gasteiger partial charge is 0.481 e. The van der Waals surface area contributed by atoms with E-state index in [1.54, 1.807) is 41.9 Å². The van der Waals surface area contributed by atoms with E-state index in [9.17, 15) is 24.3 Å². The van der Waals surface area contributed by atoms with Gasteiger partial charge in [0.05, 0.1) is 18.6 Å². The van der Waals surface area contributed by atoms with Crippen molar-refractivity contribution in [2.24, 2.45) is 5.92 Å². The Kier molecular flexibility index (Phi) is 51.7. The maximum absolute atomic E-state index is 12.1. The lowest BCUT2D eigenvalue weighted by Crippen LogP contribution is -2.40. The number of aliphatic hydroxyl groups is 1. The zero-order chi connectivity index (χ0) is 70.2. The number of aliphatic carboxylic acids is 1. The monoisotopic (exact) mass is 1280 g/mol. The number of aliphatic hydroxyl groups excluding tert-OH is 1. The highest BCUT2D eigenvalue weighted by atomic mass is 32.1. The Morgan fingerprint density at radius 2 is 1.08 bits per heavy atom. The summed E-state index contributed by atoms with van der Waals surface area (Å²) in [6.45, 7) is 49.9. The first-order chi connectivity index (χ1) is 43.0. The number of Topliss-reactive ketones (excluding diaryl/α,β-unsaturated/α-hetero) is 1. The zero-order valence-corrected chi connectivity index (χ0v) is 62.9. The average molecular weight is 1280 g/mol. The molecule has 7 rings (SSSR count). The molecule has 2 aliphatic carbocycles. The summed E-state index contributed by atoms with van der Waals surface area (Å²) in [5.41, 5.74) is 12.3. The van der Waals surface area contributed by atoms with Crippen molar-refractivity contribution in [2.75, 3.05) is 27.2 Å². The Hall–Kier alpha value is -5.82. The van der Waals surface area contributed by atoms with Crippen molar-refractivity contribution in [1.82, 2.24) is 25.5 Å². The van der Waals surface area contributed by atoms with Gasteiger partial charge in [0.2, 0.25) is 5.91 Å². The van der Waals surface area contributed by atoms with Crippen molar-refractivity contribution in [3.63, 3.8) is 0 Å². The van der Waals surface area contributed by atoms with Crippen LogP contribution in [-0.2, 0) is 16.0 Å². The van der Waals surface area contributed by atoms with Crippen LogP contribution in [0.5, 0.6) is 0 Å². The number of rotatable bonds is 18. The molecule has 4 N–H and O–H groups in total. The smallest absolute Gasteiger partial charge is 0.303 e. The van der Waals surface area contributed by atoms with Crippen LogP contribution in [0.25, 0.3) is 11.1 Å². The fourth-order valence-electron chi connectivity index (χ4n) is 8.86. The molecule has 0 radical (unpaired) electrons. The molecule has 0 spiro atoms.